The summed E-state index contributed by atoms with van der Waals surface area (Å²) in [5, 5.41) is 13.4. The molecule has 0 unspecified atom stereocenters. The first-order valence-corrected chi connectivity index (χ1v) is 13.2. The molecule has 4 rings (SSSR count). The highest BCUT2D eigenvalue weighted by atomic mass is 32.2. The van der Waals surface area contributed by atoms with Crippen molar-refractivity contribution in [2.24, 2.45) is 5.92 Å². The maximum absolute atomic E-state index is 13.1. The van der Waals surface area contributed by atoms with Crippen LogP contribution in [0.15, 0.2) is 41.3 Å². The lowest BCUT2D eigenvalue weighted by atomic mass is 10.1. The maximum atomic E-state index is 13.1. The first-order valence-electron chi connectivity index (χ1n) is 10.9. The van der Waals surface area contributed by atoms with Crippen LogP contribution in [-0.2, 0) is 14.8 Å². The Morgan fingerprint density at radius 1 is 1.06 bits per heavy atom. The van der Waals surface area contributed by atoms with Crippen molar-refractivity contribution in [1.82, 2.24) is 4.98 Å². The predicted octanol–water partition coefficient (Wildman–Crippen LogP) is 5.37. The van der Waals surface area contributed by atoms with Gasteiger partial charge in [-0.05, 0) is 62.4 Å². The number of aromatic hydroxyl groups is 1. The number of hydrogen-bond donors (Lipinski definition) is 3. The summed E-state index contributed by atoms with van der Waals surface area (Å²) in [6, 6.07) is 9.88. The molecule has 7 nitrogen and oxygen atoms in total. The summed E-state index contributed by atoms with van der Waals surface area (Å²) in [5.41, 5.74) is 2.98. The van der Waals surface area contributed by atoms with Gasteiger partial charge in [0.2, 0.25) is 5.91 Å². The number of benzene rings is 2. The van der Waals surface area contributed by atoms with Gasteiger partial charge < -0.3 is 10.4 Å². The molecule has 1 fully saturated rings. The molecule has 33 heavy (non-hydrogen) atoms. The topological polar surface area (TPSA) is 108 Å². The van der Waals surface area contributed by atoms with E-state index in [0.717, 1.165) is 36.3 Å². The molecule has 0 saturated heterocycles. The van der Waals surface area contributed by atoms with Gasteiger partial charge in [-0.25, -0.2) is 13.4 Å². The molecule has 1 amide bonds. The molecule has 1 aliphatic carbocycles. The fraction of sp³-hybridized carbons (Fsp3) is 0.333. The van der Waals surface area contributed by atoms with Crippen molar-refractivity contribution in [3.63, 3.8) is 0 Å². The smallest absolute Gasteiger partial charge is 0.262 e. The maximum Gasteiger partial charge on any atom is 0.262 e. The van der Waals surface area contributed by atoms with Gasteiger partial charge >= 0.3 is 0 Å². The normalized spacial score (nSPS) is 14.4. The Morgan fingerprint density at radius 3 is 2.45 bits per heavy atom. The molecule has 1 aromatic heterocycles. The largest absolute Gasteiger partial charge is 0.508 e. The Labute approximate surface area is 198 Å². The van der Waals surface area contributed by atoms with Crippen LogP contribution in [0.3, 0.4) is 0 Å². The molecule has 1 heterocycles. The Bertz CT molecular complexity index is 1310. The molecular weight excluding hydrogens is 458 g/mol. The van der Waals surface area contributed by atoms with Crippen LogP contribution >= 0.6 is 11.3 Å². The molecule has 3 aromatic rings. The summed E-state index contributed by atoms with van der Waals surface area (Å²) >= 11 is 1.34. The van der Waals surface area contributed by atoms with E-state index in [2.05, 4.69) is 15.0 Å². The number of carbonyl (C=O) groups is 1. The molecule has 1 aliphatic rings. The number of aryl methyl sites for hydroxylation is 3. The zero-order valence-corrected chi connectivity index (χ0v) is 20.4. The number of thiazole rings is 1. The number of carbonyl (C=O) groups excluding carboxylic acids is 1. The second-order valence-corrected chi connectivity index (χ2v) is 11.1. The molecule has 0 atom stereocenters. The standard InChI is InChI=1S/C24H27N3O4S2/c1-14-9-11-19(13-20(14)28)27-33(30,31)21-12-18(10-8-15(21)2)22-16(3)25-24(32-22)26-23(29)17-6-4-5-7-17/h8-13,17,27-28H,4-7H2,1-3H3,(H,25,26,29). The van der Waals surface area contributed by atoms with Crippen molar-refractivity contribution >= 4 is 38.1 Å². The lowest BCUT2D eigenvalue weighted by Crippen LogP contribution is -2.20. The summed E-state index contributed by atoms with van der Waals surface area (Å²) in [4.78, 5) is 17.9. The van der Waals surface area contributed by atoms with Crippen LogP contribution in [0, 0.1) is 26.7 Å². The van der Waals surface area contributed by atoms with E-state index in [1.165, 1.54) is 17.4 Å². The highest BCUT2D eigenvalue weighted by Crippen LogP contribution is 2.36. The lowest BCUT2D eigenvalue weighted by Gasteiger charge is -2.12. The van der Waals surface area contributed by atoms with Gasteiger partial charge in [-0.3, -0.25) is 9.52 Å². The van der Waals surface area contributed by atoms with E-state index >= 15 is 0 Å². The van der Waals surface area contributed by atoms with Crippen molar-refractivity contribution < 1.29 is 18.3 Å². The number of rotatable bonds is 6. The van der Waals surface area contributed by atoms with E-state index in [-0.39, 0.29) is 28.2 Å². The van der Waals surface area contributed by atoms with Gasteiger partial charge in [0.25, 0.3) is 10.0 Å². The summed E-state index contributed by atoms with van der Waals surface area (Å²) < 4.78 is 28.8. The quantitative estimate of drug-likeness (QED) is 0.435. The number of phenols is 1. The summed E-state index contributed by atoms with van der Waals surface area (Å²) in [6.07, 6.45) is 3.98. The highest BCUT2D eigenvalue weighted by molar-refractivity contribution is 7.92. The van der Waals surface area contributed by atoms with Crippen LogP contribution < -0.4 is 10.0 Å². The van der Waals surface area contributed by atoms with Crippen molar-refractivity contribution in [2.45, 2.75) is 51.3 Å². The molecule has 9 heteroatoms. The Kier molecular flexibility index (Phi) is 6.45. The van der Waals surface area contributed by atoms with Crippen molar-refractivity contribution in [3.05, 3.63) is 53.2 Å². The highest BCUT2D eigenvalue weighted by Gasteiger charge is 2.24. The number of phenolic OH excluding ortho intramolecular Hbond substituents is 1. The summed E-state index contributed by atoms with van der Waals surface area (Å²) in [5.74, 6) is 0.0692. The van der Waals surface area contributed by atoms with Crippen LogP contribution in [0.4, 0.5) is 10.8 Å². The number of aromatic nitrogens is 1. The molecular formula is C24H27N3O4S2. The average molecular weight is 486 g/mol. The van der Waals surface area contributed by atoms with E-state index in [0.29, 0.717) is 21.8 Å². The Morgan fingerprint density at radius 2 is 1.76 bits per heavy atom. The second-order valence-electron chi connectivity index (χ2n) is 8.49. The van der Waals surface area contributed by atoms with Crippen LogP contribution in [0.1, 0.15) is 42.5 Å². The van der Waals surface area contributed by atoms with E-state index in [4.69, 9.17) is 0 Å². The molecule has 0 bridgehead atoms. The Hall–Kier alpha value is -2.91. The van der Waals surface area contributed by atoms with Gasteiger partial charge in [-0.2, -0.15) is 0 Å². The number of anilines is 2. The Balaban J connectivity index is 1.61. The fourth-order valence-electron chi connectivity index (χ4n) is 4.03. The van der Waals surface area contributed by atoms with Crippen LogP contribution in [0.5, 0.6) is 5.75 Å². The molecule has 0 spiro atoms. The molecule has 3 N–H and O–H groups in total. The minimum atomic E-state index is -3.89. The number of sulfonamides is 1. The van der Waals surface area contributed by atoms with Gasteiger partial charge in [0.15, 0.2) is 5.13 Å². The molecule has 0 radical (unpaired) electrons. The summed E-state index contributed by atoms with van der Waals surface area (Å²) in [6.45, 7) is 5.32. The van der Waals surface area contributed by atoms with Gasteiger partial charge in [0.05, 0.1) is 21.2 Å². The zero-order valence-electron chi connectivity index (χ0n) is 18.8. The van der Waals surface area contributed by atoms with Gasteiger partial charge in [0, 0.05) is 12.0 Å². The average Bonchev–Trinajstić information content (AvgIpc) is 3.41. The van der Waals surface area contributed by atoms with Gasteiger partial charge in [0.1, 0.15) is 5.75 Å². The number of amides is 1. The minimum Gasteiger partial charge on any atom is -0.508 e. The summed E-state index contributed by atoms with van der Waals surface area (Å²) in [7, 11) is -3.89. The third-order valence-electron chi connectivity index (χ3n) is 5.95. The minimum absolute atomic E-state index is 0.00511. The van der Waals surface area contributed by atoms with E-state index in [1.54, 1.807) is 38.1 Å². The van der Waals surface area contributed by atoms with Crippen molar-refractivity contribution in [3.8, 4) is 16.2 Å². The van der Waals surface area contributed by atoms with Crippen LogP contribution in [0.2, 0.25) is 0 Å². The third kappa shape index (κ3) is 5.04. The van der Waals surface area contributed by atoms with Crippen molar-refractivity contribution in [1.29, 1.82) is 0 Å². The fourth-order valence-corrected chi connectivity index (χ4v) is 6.31. The molecule has 1 saturated carbocycles. The van der Waals surface area contributed by atoms with Crippen LogP contribution in [0.25, 0.3) is 10.4 Å². The number of nitrogens with zero attached hydrogens (tertiary/aromatic N) is 1. The van der Waals surface area contributed by atoms with Crippen LogP contribution in [-0.4, -0.2) is 24.4 Å². The molecule has 2 aromatic carbocycles. The second kappa shape index (κ2) is 9.15. The zero-order chi connectivity index (χ0) is 23.8. The van der Waals surface area contributed by atoms with Gasteiger partial charge in [-0.15, -0.1) is 0 Å². The molecule has 0 aliphatic heterocycles. The lowest BCUT2D eigenvalue weighted by molar-refractivity contribution is -0.119. The SMILES string of the molecule is Cc1ccc(NS(=O)(=O)c2cc(-c3sc(NC(=O)C4CCCC4)nc3C)ccc2C)cc1O. The van der Waals surface area contributed by atoms with Crippen molar-refractivity contribution in [2.75, 3.05) is 10.0 Å². The first-order chi connectivity index (χ1) is 15.6. The number of nitrogens with one attached hydrogen (secondary N) is 2. The monoisotopic (exact) mass is 485 g/mol. The third-order valence-corrected chi connectivity index (χ3v) is 8.60. The number of hydrogen-bond acceptors (Lipinski definition) is 6. The molecule has 174 valence electrons. The van der Waals surface area contributed by atoms with E-state index in [1.807, 2.05) is 13.0 Å². The first kappa shape index (κ1) is 23.3. The van der Waals surface area contributed by atoms with E-state index in [9.17, 15) is 18.3 Å². The van der Waals surface area contributed by atoms with E-state index < -0.39 is 10.0 Å². The predicted molar refractivity (Wildman–Crippen MR) is 131 cm³/mol. The van der Waals surface area contributed by atoms with Gasteiger partial charge in [-0.1, -0.05) is 42.4 Å².